The van der Waals surface area contributed by atoms with Crippen LogP contribution in [-0.2, 0) is 0 Å². The summed E-state index contributed by atoms with van der Waals surface area (Å²) in [6.07, 6.45) is 9.39. The van der Waals surface area contributed by atoms with Crippen LogP contribution in [0.15, 0.2) is 12.2 Å². The number of allylic oxidation sites excluding steroid dienone is 1. The number of alkyl halides is 1. The van der Waals surface area contributed by atoms with Crippen LogP contribution in [0.4, 0.5) is 0 Å². The van der Waals surface area contributed by atoms with Crippen molar-refractivity contribution in [2.75, 3.05) is 12.4 Å². The molecule has 2 atom stereocenters. The zero-order valence-corrected chi connectivity index (χ0v) is 10.1. The number of hydrogen-bond donors (Lipinski definition) is 1. The van der Waals surface area contributed by atoms with Crippen LogP contribution in [-0.4, -0.2) is 18.0 Å². The monoisotopic (exact) mass is 215 g/mol. The molecule has 1 fully saturated rings. The molecule has 0 saturated heterocycles. The SMILES string of the molecule is C/C=C/CNC1(CCl)CCCC(C)C1. The van der Waals surface area contributed by atoms with Crippen LogP contribution in [0.25, 0.3) is 0 Å². The van der Waals surface area contributed by atoms with Crippen molar-refractivity contribution in [1.29, 1.82) is 0 Å². The summed E-state index contributed by atoms with van der Waals surface area (Å²) in [4.78, 5) is 0. The molecule has 0 aromatic carbocycles. The minimum absolute atomic E-state index is 0.207. The van der Waals surface area contributed by atoms with Gasteiger partial charge in [0.2, 0.25) is 0 Å². The molecule has 0 radical (unpaired) electrons. The molecular weight excluding hydrogens is 194 g/mol. The Hall–Kier alpha value is -0.0100. The molecule has 0 aromatic heterocycles. The highest BCUT2D eigenvalue weighted by molar-refractivity contribution is 6.18. The maximum Gasteiger partial charge on any atom is 0.0406 e. The molecule has 1 aliphatic rings. The third-order valence-electron chi connectivity index (χ3n) is 3.18. The lowest BCUT2D eigenvalue weighted by atomic mass is 9.77. The summed E-state index contributed by atoms with van der Waals surface area (Å²) in [6, 6.07) is 0. The lowest BCUT2D eigenvalue weighted by Crippen LogP contribution is -2.50. The highest BCUT2D eigenvalue weighted by Gasteiger charge is 2.33. The average Bonchev–Trinajstić information content (AvgIpc) is 2.18. The van der Waals surface area contributed by atoms with E-state index in [0.29, 0.717) is 0 Å². The number of rotatable bonds is 4. The Bertz CT molecular complexity index is 191. The highest BCUT2D eigenvalue weighted by atomic mass is 35.5. The number of hydrogen-bond acceptors (Lipinski definition) is 1. The Labute approximate surface area is 92.9 Å². The van der Waals surface area contributed by atoms with Gasteiger partial charge in [-0.3, -0.25) is 0 Å². The zero-order valence-electron chi connectivity index (χ0n) is 9.35. The van der Waals surface area contributed by atoms with E-state index in [0.717, 1.165) is 18.3 Å². The molecule has 0 bridgehead atoms. The van der Waals surface area contributed by atoms with Gasteiger partial charge in [0.25, 0.3) is 0 Å². The third kappa shape index (κ3) is 3.29. The average molecular weight is 216 g/mol. The lowest BCUT2D eigenvalue weighted by molar-refractivity contribution is 0.215. The minimum atomic E-state index is 0.207. The van der Waals surface area contributed by atoms with Crippen molar-refractivity contribution in [3.63, 3.8) is 0 Å². The summed E-state index contributed by atoms with van der Waals surface area (Å²) in [7, 11) is 0. The van der Waals surface area contributed by atoms with Gasteiger partial charge >= 0.3 is 0 Å². The summed E-state index contributed by atoms with van der Waals surface area (Å²) in [5.41, 5.74) is 0.207. The van der Waals surface area contributed by atoms with E-state index >= 15 is 0 Å². The third-order valence-corrected chi connectivity index (χ3v) is 3.69. The fraction of sp³-hybridized carbons (Fsp3) is 0.833. The van der Waals surface area contributed by atoms with Crippen LogP contribution < -0.4 is 5.32 Å². The largest absolute Gasteiger partial charge is 0.307 e. The fourth-order valence-electron chi connectivity index (χ4n) is 2.38. The Kier molecular flexibility index (Phi) is 4.97. The van der Waals surface area contributed by atoms with Gasteiger partial charge in [0.15, 0.2) is 0 Å². The first-order chi connectivity index (χ1) is 6.72. The van der Waals surface area contributed by atoms with Gasteiger partial charge in [0.05, 0.1) is 0 Å². The molecule has 0 aromatic rings. The maximum absolute atomic E-state index is 6.09. The maximum atomic E-state index is 6.09. The van der Waals surface area contributed by atoms with E-state index in [9.17, 15) is 0 Å². The molecule has 82 valence electrons. The Balaban J connectivity index is 2.47. The normalized spacial score (nSPS) is 33.8. The first kappa shape index (κ1) is 12.1. The molecule has 1 aliphatic carbocycles. The van der Waals surface area contributed by atoms with Gasteiger partial charge in [-0.1, -0.05) is 31.9 Å². The van der Waals surface area contributed by atoms with Crippen LogP contribution in [0.5, 0.6) is 0 Å². The molecule has 1 N–H and O–H groups in total. The minimum Gasteiger partial charge on any atom is -0.307 e. The molecule has 0 spiro atoms. The van der Waals surface area contributed by atoms with Gasteiger partial charge in [-0.05, 0) is 25.7 Å². The molecule has 2 heteroatoms. The summed E-state index contributed by atoms with van der Waals surface area (Å²) >= 11 is 6.09. The van der Waals surface area contributed by atoms with Crippen LogP contribution in [0.1, 0.15) is 39.5 Å². The molecule has 0 aliphatic heterocycles. The molecule has 2 unspecified atom stereocenters. The van der Waals surface area contributed by atoms with E-state index < -0.39 is 0 Å². The highest BCUT2D eigenvalue weighted by Crippen LogP contribution is 2.32. The zero-order chi connectivity index (χ0) is 10.4. The van der Waals surface area contributed by atoms with Gasteiger partial charge in [0, 0.05) is 18.0 Å². The Morgan fingerprint density at radius 2 is 2.36 bits per heavy atom. The molecule has 14 heavy (non-hydrogen) atoms. The molecule has 1 rings (SSSR count). The smallest absolute Gasteiger partial charge is 0.0406 e. The quantitative estimate of drug-likeness (QED) is 0.561. The van der Waals surface area contributed by atoms with Crippen molar-refractivity contribution >= 4 is 11.6 Å². The standard InChI is InChI=1S/C12H22ClN/c1-3-4-8-14-12(10-13)7-5-6-11(2)9-12/h3-4,11,14H,5-10H2,1-2H3/b4-3+. The second-order valence-electron chi connectivity index (χ2n) is 4.57. The van der Waals surface area contributed by atoms with Crippen molar-refractivity contribution in [3.05, 3.63) is 12.2 Å². The van der Waals surface area contributed by atoms with Crippen LogP contribution >= 0.6 is 11.6 Å². The van der Waals surface area contributed by atoms with Crippen molar-refractivity contribution in [2.45, 2.75) is 45.1 Å². The first-order valence-corrected chi connectivity index (χ1v) is 6.18. The number of halogens is 1. The van der Waals surface area contributed by atoms with Gasteiger partial charge in [-0.25, -0.2) is 0 Å². The van der Waals surface area contributed by atoms with E-state index in [4.69, 9.17) is 11.6 Å². The number of nitrogens with one attached hydrogen (secondary N) is 1. The van der Waals surface area contributed by atoms with Crippen LogP contribution in [0, 0.1) is 5.92 Å². The van der Waals surface area contributed by atoms with Crippen molar-refractivity contribution < 1.29 is 0 Å². The fourth-order valence-corrected chi connectivity index (χ4v) is 2.72. The first-order valence-electron chi connectivity index (χ1n) is 5.64. The topological polar surface area (TPSA) is 12.0 Å². The van der Waals surface area contributed by atoms with E-state index in [1.807, 2.05) is 0 Å². The van der Waals surface area contributed by atoms with Crippen molar-refractivity contribution in [3.8, 4) is 0 Å². The van der Waals surface area contributed by atoms with Crippen LogP contribution in [0.3, 0.4) is 0 Å². The Morgan fingerprint density at radius 3 is 2.93 bits per heavy atom. The second-order valence-corrected chi connectivity index (χ2v) is 4.83. The van der Waals surface area contributed by atoms with Gasteiger partial charge in [0.1, 0.15) is 0 Å². The molecule has 1 saturated carbocycles. The van der Waals surface area contributed by atoms with Gasteiger partial charge in [-0.15, -0.1) is 11.6 Å². The van der Waals surface area contributed by atoms with Crippen molar-refractivity contribution in [2.24, 2.45) is 5.92 Å². The van der Waals surface area contributed by atoms with Crippen LogP contribution in [0.2, 0.25) is 0 Å². The Morgan fingerprint density at radius 1 is 1.57 bits per heavy atom. The summed E-state index contributed by atoms with van der Waals surface area (Å²) in [5, 5.41) is 3.60. The molecule has 0 amide bonds. The summed E-state index contributed by atoms with van der Waals surface area (Å²) in [6.45, 7) is 5.34. The van der Waals surface area contributed by atoms with Gasteiger partial charge < -0.3 is 5.32 Å². The van der Waals surface area contributed by atoms with Gasteiger partial charge in [-0.2, -0.15) is 0 Å². The molecular formula is C12H22ClN. The predicted octanol–water partition coefficient (Wildman–Crippen LogP) is 3.34. The van der Waals surface area contributed by atoms with E-state index in [-0.39, 0.29) is 5.54 Å². The van der Waals surface area contributed by atoms with E-state index in [1.54, 1.807) is 0 Å². The lowest BCUT2D eigenvalue weighted by Gasteiger charge is -2.39. The second kappa shape index (κ2) is 5.77. The predicted molar refractivity (Wildman–Crippen MR) is 63.9 cm³/mol. The van der Waals surface area contributed by atoms with E-state index in [2.05, 4.69) is 31.3 Å². The summed E-state index contributed by atoms with van der Waals surface area (Å²) in [5.74, 6) is 1.56. The molecule has 1 nitrogen and oxygen atoms in total. The van der Waals surface area contributed by atoms with Crippen molar-refractivity contribution in [1.82, 2.24) is 5.32 Å². The van der Waals surface area contributed by atoms with E-state index in [1.165, 1.54) is 25.7 Å². The summed E-state index contributed by atoms with van der Waals surface area (Å²) < 4.78 is 0. The molecule has 0 heterocycles.